The third-order valence-corrected chi connectivity index (χ3v) is 7.08. The first kappa shape index (κ1) is 27.8. The number of unbranched alkanes of at least 4 members (excludes halogenated alkanes) is 1. The summed E-state index contributed by atoms with van der Waals surface area (Å²) in [6.07, 6.45) is 2.88. The third-order valence-electron chi connectivity index (χ3n) is 6.59. The number of alkyl halides is 3. The first-order valence-corrected chi connectivity index (χ1v) is 13.2. The van der Waals surface area contributed by atoms with Crippen LogP contribution >= 0.6 is 15.9 Å². The Morgan fingerprint density at radius 1 is 1.03 bits per heavy atom. The Morgan fingerprint density at radius 2 is 1.76 bits per heavy atom. The average molecular weight is 589 g/mol. The number of hydrogen-bond acceptors (Lipinski definition) is 5. The maximum Gasteiger partial charge on any atom is 0.418 e. The lowest BCUT2D eigenvalue weighted by Gasteiger charge is -2.16. The van der Waals surface area contributed by atoms with Crippen LogP contribution in [-0.4, -0.2) is 21.7 Å². The highest BCUT2D eigenvalue weighted by Crippen LogP contribution is 2.49. The van der Waals surface area contributed by atoms with Gasteiger partial charge in [-0.2, -0.15) is 13.2 Å². The van der Waals surface area contributed by atoms with Gasteiger partial charge in [0.1, 0.15) is 0 Å². The number of rotatable bonds is 11. The Labute approximate surface area is 227 Å². The minimum Gasteiger partial charge on any atom is -0.354 e. The van der Waals surface area contributed by atoms with Crippen LogP contribution in [0.4, 0.5) is 24.5 Å². The number of anilines is 2. The summed E-state index contributed by atoms with van der Waals surface area (Å²) in [7, 11) is 0. The predicted octanol–water partition coefficient (Wildman–Crippen LogP) is 7.01. The summed E-state index contributed by atoms with van der Waals surface area (Å²) in [5, 5.41) is 5.60. The van der Waals surface area contributed by atoms with E-state index in [4.69, 9.17) is 0 Å². The molecule has 1 amide bonds. The monoisotopic (exact) mass is 588 g/mol. The van der Waals surface area contributed by atoms with E-state index in [-0.39, 0.29) is 30.3 Å². The van der Waals surface area contributed by atoms with Crippen molar-refractivity contribution in [3.63, 3.8) is 0 Å². The van der Waals surface area contributed by atoms with E-state index in [2.05, 4.69) is 43.5 Å². The van der Waals surface area contributed by atoms with Gasteiger partial charge in [0.05, 0.1) is 40.8 Å². The van der Waals surface area contributed by atoms with E-state index in [1.807, 2.05) is 6.07 Å². The number of carbonyl (C=O) groups is 2. The van der Waals surface area contributed by atoms with Crippen LogP contribution < -0.4 is 10.6 Å². The Hall–Kier alpha value is -3.27. The van der Waals surface area contributed by atoms with E-state index in [1.165, 1.54) is 18.3 Å². The van der Waals surface area contributed by atoms with Crippen LogP contribution in [0.25, 0.3) is 0 Å². The number of Topliss-reactive ketones (excluding diaryl/α,β-unsaturated/α-hetero) is 1. The second-order valence-electron chi connectivity index (χ2n) is 9.56. The largest absolute Gasteiger partial charge is 0.418 e. The minimum absolute atomic E-state index is 0.0882. The van der Waals surface area contributed by atoms with Crippen molar-refractivity contribution in [3.8, 4) is 0 Å². The number of ketones is 1. The molecule has 38 heavy (non-hydrogen) atoms. The first-order chi connectivity index (χ1) is 18.1. The molecule has 2 aromatic heterocycles. The van der Waals surface area contributed by atoms with Gasteiger partial charge in [-0.05, 0) is 68.1 Å². The van der Waals surface area contributed by atoms with E-state index >= 15 is 0 Å². The lowest BCUT2D eigenvalue weighted by atomic mass is 9.95. The number of carbonyl (C=O) groups excluding carboxylic acids is 2. The number of amides is 1. The lowest BCUT2D eigenvalue weighted by Crippen LogP contribution is -2.33. The molecule has 0 bridgehead atoms. The molecular formula is C28H28BrF3N4O2. The summed E-state index contributed by atoms with van der Waals surface area (Å²) in [4.78, 5) is 34.3. The van der Waals surface area contributed by atoms with E-state index in [0.717, 1.165) is 31.0 Å². The number of aromatic nitrogens is 2. The molecule has 10 heteroatoms. The van der Waals surface area contributed by atoms with E-state index in [1.54, 1.807) is 24.4 Å². The predicted molar refractivity (Wildman–Crippen MR) is 142 cm³/mol. The average Bonchev–Trinajstić information content (AvgIpc) is 3.68. The molecule has 0 saturated heterocycles. The van der Waals surface area contributed by atoms with Crippen molar-refractivity contribution in [3.05, 3.63) is 81.8 Å². The Kier molecular flexibility index (Phi) is 8.50. The molecule has 0 atom stereocenters. The number of aryl methyl sites for hydroxylation is 1. The number of nitrogens with one attached hydrogen (secondary N) is 2. The standard InChI is InChI=1S/C28H28BrF3N4O2/c1-2-3-4-20-7-5-18(15-33-20)25(37)14-27(11-12-27)26(38)35-16-21-8-9-22(17-34-21)36-24-10-6-19(29)13-23(24)28(30,31)32/h5-10,13,15,17,36H,2-4,11-12,14,16H2,1H3,(H,35,38). The van der Waals surface area contributed by atoms with Crippen molar-refractivity contribution in [2.24, 2.45) is 5.41 Å². The van der Waals surface area contributed by atoms with Crippen molar-refractivity contribution in [1.29, 1.82) is 0 Å². The van der Waals surface area contributed by atoms with Gasteiger partial charge < -0.3 is 10.6 Å². The summed E-state index contributed by atoms with van der Waals surface area (Å²) < 4.78 is 40.4. The highest BCUT2D eigenvalue weighted by atomic mass is 79.9. The van der Waals surface area contributed by atoms with Crippen molar-refractivity contribution in [2.75, 3.05) is 5.32 Å². The zero-order chi connectivity index (χ0) is 27.3. The molecule has 1 aliphatic carbocycles. The highest BCUT2D eigenvalue weighted by Gasteiger charge is 2.51. The van der Waals surface area contributed by atoms with E-state index in [0.29, 0.717) is 34.3 Å². The third kappa shape index (κ3) is 6.98. The second-order valence-corrected chi connectivity index (χ2v) is 10.5. The molecule has 3 aromatic rings. The summed E-state index contributed by atoms with van der Waals surface area (Å²) in [5.41, 5.74) is 0.790. The van der Waals surface area contributed by atoms with Crippen LogP contribution in [0.1, 0.15) is 66.3 Å². The summed E-state index contributed by atoms with van der Waals surface area (Å²) in [6.45, 7) is 2.26. The lowest BCUT2D eigenvalue weighted by molar-refractivity contribution is -0.137. The van der Waals surface area contributed by atoms with Crippen LogP contribution in [0.15, 0.2) is 59.3 Å². The number of hydrogen-bond donors (Lipinski definition) is 2. The fraction of sp³-hybridized carbons (Fsp3) is 0.357. The minimum atomic E-state index is -4.52. The molecule has 2 heterocycles. The maximum atomic E-state index is 13.4. The van der Waals surface area contributed by atoms with Crippen molar-refractivity contribution >= 4 is 39.0 Å². The molecule has 0 unspecified atom stereocenters. The molecule has 0 spiro atoms. The van der Waals surface area contributed by atoms with Gasteiger partial charge >= 0.3 is 6.18 Å². The number of nitrogens with zero attached hydrogens (tertiary/aromatic N) is 2. The van der Waals surface area contributed by atoms with E-state index in [9.17, 15) is 22.8 Å². The normalized spacial score (nSPS) is 14.1. The van der Waals surface area contributed by atoms with E-state index < -0.39 is 17.2 Å². The van der Waals surface area contributed by atoms with Crippen LogP contribution in [-0.2, 0) is 23.9 Å². The van der Waals surface area contributed by atoms with Gasteiger partial charge in [0.15, 0.2) is 5.78 Å². The highest BCUT2D eigenvalue weighted by molar-refractivity contribution is 9.10. The van der Waals surface area contributed by atoms with Crippen molar-refractivity contribution in [2.45, 2.75) is 58.2 Å². The molecule has 1 aliphatic rings. The van der Waals surface area contributed by atoms with Gasteiger partial charge in [-0.15, -0.1) is 0 Å². The van der Waals surface area contributed by atoms with Crippen molar-refractivity contribution < 1.29 is 22.8 Å². The molecule has 2 N–H and O–H groups in total. The molecule has 4 rings (SSSR count). The van der Waals surface area contributed by atoms with Gasteiger partial charge in [0, 0.05) is 28.3 Å². The molecule has 1 aromatic carbocycles. The summed E-state index contributed by atoms with van der Waals surface area (Å²) >= 11 is 3.07. The van der Waals surface area contributed by atoms with Gasteiger partial charge in [0.2, 0.25) is 5.91 Å². The number of pyridine rings is 2. The first-order valence-electron chi connectivity index (χ1n) is 12.4. The van der Waals surface area contributed by atoms with Gasteiger partial charge in [-0.3, -0.25) is 19.6 Å². The molecule has 0 radical (unpaired) electrons. The molecule has 6 nitrogen and oxygen atoms in total. The quantitative estimate of drug-likeness (QED) is 0.235. The summed E-state index contributed by atoms with van der Waals surface area (Å²) in [6, 6.07) is 10.8. The fourth-order valence-corrected chi connectivity index (χ4v) is 4.48. The van der Waals surface area contributed by atoms with Crippen LogP contribution in [0, 0.1) is 5.41 Å². The SMILES string of the molecule is CCCCc1ccc(C(=O)CC2(C(=O)NCc3ccc(Nc4ccc(Br)cc4C(F)(F)F)cn3)CC2)cn1. The topological polar surface area (TPSA) is 84.0 Å². The molecule has 1 saturated carbocycles. The Morgan fingerprint density at radius 3 is 2.37 bits per heavy atom. The van der Waals surface area contributed by atoms with Gasteiger partial charge in [0.25, 0.3) is 0 Å². The Balaban J connectivity index is 1.31. The zero-order valence-corrected chi connectivity index (χ0v) is 22.5. The molecular weight excluding hydrogens is 561 g/mol. The second kappa shape index (κ2) is 11.6. The van der Waals surface area contributed by atoms with Crippen LogP contribution in [0.5, 0.6) is 0 Å². The smallest absolute Gasteiger partial charge is 0.354 e. The van der Waals surface area contributed by atoms with Crippen LogP contribution in [0.2, 0.25) is 0 Å². The number of benzene rings is 1. The van der Waals surface area contributed by atoms with Crippen molar-refractivity contribution in [1.82, 2.24) is 15.3 Å². The maximum absolute atomic E-state index is 13.4. The van der Waals surface area contributed by atoms with Crippen LogP contribution in [0.3, 0.4) is 0 Å². The molecule has 0 aliphatic heterocycles. The van der Waals surface area contributed by atoms with Gasteiger partial charge in [-0.1, -0.05) is 29.3 Å². The molecule has 200 valence electrons. The summed E-state index contributed by atoms with van der Waals surface area (Å²) in [5.74, 6) is -0.307. The molecule has 1 fully saturated rings. The zero-order valence-electron chi connectivity index (χ0n) is 20.9. The van der Waals surface area contributed by atoms with Gasteiger partial charge in [-0.25, -0.2) is 0 Å². The fourth-order valence-electron chi connectivity index (χ4n) is 4.12. The Bertz CT molecular complexity index is 1290. The number of halogens is 4.